The minimum atomic E-state index is -0.358. The van der Waals surface area contributed by atoms with Gasteiger partial charge in [-0.1, -0.05) is 30.0 Å². The Morgan fingerprint density at radius 3 is 2.62 bits per heavy atom. The molecule has 2 aliphatic heterocycles. The SMILES string of the molecule is Cc1ccc([N+](=O)[O-])c(N2CCC3(CC2)CC(C#Cc2ccccc2)=CCO3)n1. The van der Waals surface area contributed by atoms with E-state index in [1.54, 1.807) is 12.1 Å². The van der Waals surface area contributed by atoms with E-state index in [1.807, 2.05) is 42.2 Å². The number of nitrogens with zero attached hydrogens (tertiary/aromatic N) is 3. The van der Waals surface area contributed by atoms with E-state index in [0.717, 1.165) is 36.1 Å². The van der Waals surface area contributed by atoms with Gasteiger partial charge in [0.1, 0.15) is 0 Å². The standard InChI is InChI=1S/C23H23N3O3/c1-18-7-10-21(26(27)28)22(24-18)25-14-12-23(13-15-25)17-20(11-16-29-23)9-8-19-5-3-2-4-6-19/h2-7,10-11H,12-17H2,1H3. The third kappa shape index (κ3) is 4.30. The molecule has 1 saturated heterocycles. The van der Waals surface area contributed by atoms with Gasteiger partial charge >= 0.3 is 5.69 Å². The van der Waals surface area contributed by atoms with Crippen LogP contribution in [0.3, 0.4) is 0 Å². The highest BCUT2D eigenvalue weighted by Gasteiger charge is 2.39. The lowest BCUT2D eigenvalue weighted by atomic mass is 9.83. The summed E-state index contributed by atoms with van der Waals surface area (Å²) in [7, 11) is 0. The molecule has 6 nitrogen and oxygen atoms in total. The first-order valence-electron chi connectivity index (χ1n) is 9.82. The zero-order valence-electron chi connectivity index (χ0n) is 16.4. The Morgan fingerprint density at radius 2 is 1.90 bits per heavy atom. The van der Waals surface area contributed by atoms with Gasteiger partial charge in [-0.15, -0.1) is 0 Å². The maximum Gasteiger partial charge on any atom is 0.311 e. The summed E-state index contributed by atoms with van der Waals surface area (Å²) < 4.78 is 6.15. The largest absolute Gasteiger partial charge is 0.370 e. The minimum Gasteiger partial charge on any atom is -0.370 e. The molecule has 1 aromatic heterocycles. The number of rotatable bonds is 2. The van der Waals surface area contributed by atoms with Crippen LogP contribution in [0.1, 0.15) is 30.5 Å². The Balaban J connectivity index is 1.46. The average molecular weight is 389 g/mol. The number of hydrogen-bond donors (Lipinski definition) is 0. The molecule has 0 radical (unpaired) electrons. The summed E-state index contributed by atoms with van der Waals surface area (Å²) in [6, 6.07) is 13.2. The van der Waals surface area contributed by atoms with Crippen LogP contribution in [-0.2, 0) is 4.74 Å². The number of ether oxygens (including phenoxy) is 1. The van der Waals surface area contributed by atoms with Gasteiger partial charge in [0.2, 0.25) is 5.82 Å². The molecule has 2 aromatic rings. The highest BCUT2D eigenvalue weighted by atomic mass is 16.6. The fourth-order valence-corrected chi connectivity index (χ4v) is 3.92. The molecule has 0 saturated carbocycles. The number of benzene rings is 1. The summed E-state index contributed by atoms with van der Waals surface area (Å²) >= 11 is 0. The second-order valence-electron chi connectivity index (χ2n) is 7.56. The zero-order chi connectivity index (χ0) is 20.3. The Bertz CT molecular complexity index is 997. The quantitative estimate of drug-likeness (QED) is 0.441. The lowest BCUT2D eigenvalue weighted by Crippen LogP contribution is -2.48. The van der Waals surface area contributed by atoms with Crippen LogP contribution in [0.4, 0.5) is 11.5 Å². The fourth-order valence-electron chi connectivity index (χ4n) is 3.92. The van der Waals surface area contributed by atoms with E-state index in [4.69, 9.17) is 4.74 Å². The van der Waals surface area contributed by atoms with Crippen LogP contribution in [0, 0.1) is 28.9 Å². The fraction of sp³-hybridized carbons (Fsp3) is 0.348. The molecular weight excluding hydrogens is 366 g/mol. The molecule has 0 aliphatic carbocycles. The number of aryl methyl sites for hydroxylation is 1. The molecule has 2 aliphatic rings. The van der Waals surface area contributed by atoms with Gasteiger partial charge in [0, 0.05) is 42.4 Å². The predicted molar refractivity (Wildman–Crippen MR) is 112 cm³/mol. The van der Waals surface area contributed by atoms with Crippen molar-refractivity contribution in [1.82, 2.24) is 4.98 Å². The lowest BCUT2D eigenvalue weighted by molar-refractivity contribution is -0.384. The van der Waals surface area contributed by atoms with Crippen molar-refractivity contribution in [2.24, 2.45) is 0 Å². The highest BCUT2D eigenvalue weighted by Crippen LogP contribution is 2.38. The molecule has 1 fully saturated rings. The summed E-state index contributed by atoms with van der Waals surface area (Å²) in [5, 5.41) is 11.4. The van der Waals surface area contributed by atoms with Crippen LogP contribution >= 0.6 is 0 Å². The molecule has 1 spiro atoms. The molecule has 0 N–H and O–H groups in total. The number of hydrogen-bond acceptors (Lipinski definition) is 5. The monoisotopic (exact) mass is 389 g/mol. The third-order valence-electron chi connectivity index (χ3n) is 5.54. The van der Waals surface area contributed by atoms with Crippen molar-refractivity contribution in [2.45, 2.75) is 31.8 Å². The summed E-state index contributed by atoms with van der Waals surface area (Å²) in [6.45, 7) is 3.76. The highest BCUT2D eigenvalue weighted by molar-refractivity contribution is 5.58. The van der Waals surface area contributed by atoms with Crippen molar-refractivity contribution in [2.75, 3.05) is 24.6 Å². The van der Waals surface area contributed by atoms with Gasteiger partial charge in [-0.05, 0) is 44.0 Å². The van der Waals surface area contributed by atoms with E-state index in [2.05, 4.69) is 22.9 Å². The van der Waals surface area contributed by atoms with Crippen LogP contribution < -0.4 is 4.90 Å². The van der Waals surface area contributed by atoms with Crippen molar-refractivity contribution < 1.29 is 9.66 Å². The smallest absolute Gasteiger partial charge is 0.311 e. The van der Waals surface area contributed by atoms with Crippen LogP contribution in [0.15, 0.2) is 54.1 Å². The number of anilines is 1. The maximum atomic E-state index is 11.4. The lowest BCUT2D eigenvalue weighted by Gasteiger charge is -2.43. The predicted octanol–water partition coefficient (Wildman–Crippen LogP) is 4.04. The molecule has 0 bridgehead atoms. The van der Waals surface area contributed by atoms with E-state index in [0.29, 0.717) is 25.5 Å². The van der Waals surface area contributed by atoms with Crippen LogP contribution in [-0.4, -0.2) is 35.2 Å². The van der Waals surface area contributed by atoms with Gasteiger partial charge in [-0.25, -0.2) is 4.98 Å². The first-order chi connectivity index (χ1) is 14.0. The summed E-state index contributed by atoms with van der Waals surface area (Å²) in [4.78, 5) is 17.5. The van der Waals surface area contributed by atoms with Gasteiger partial charge in [0.05, 0.1) is 17.1 Å². The molecule has 29 heavy (non-hydrogen) atoms. The van der Waals surface area contributed by atoms with Crippen molar-refractivity contribution in [3.8, 4) is 11.8 Å². The molecule has 0 amide bonds. The van der Waals surface area contributed by atoms with E-state index >= 15 is 0 Å². The summed E-state index contributed by atoms with van der Waals surface area (Å²) in [5.41, 5.74) is 2.70. The number of nitro groups is 1. The summed E-state index contributed by atoms with van der Waals surface area (Å²) in [5.74, 6) is 6.99. The van der Waals surface area contributed by atoms with Crippen molar-refractivity contribution >= 4 is 11.5 Å². The normalized spacial score (nSPS) is 18.0. The molecule has 6 heteroatoms. The third-order valence-corrected chi connectivity index (χ3v) is 5.54. The van der Waals surface area contributed by atoms with Gasteiger partial charge in [-0.2, -0.15) is 0 Å². The molecule has 1 aromatic carbocycles. The zero-order valence-corrected chi connectivity index (χ0v) is 16.4. The molecule has 4 rings (SSSR count). The molecule has 0 unspecified atom stereocenters. The van der Waals surface area contributed by atoms with E-state index in [-0.39, 0.29) is 16.2 Å². The van der Waals surface area contributed by atoms with Gasteiger partial charge in [0.15, 0.2) is 0 Å². The van der Waals surface area contributed by atoms with Gasteiger partial charge in [-0.3, -0.25) is 10.1 Å². The Labute approximate surface area is 170 Å². The maximum absolute atomic E-state index is 11.4. The number of piperidine rings is 1. The second-order valence-corrected chi connectivity index (χ2v) is 7.56. The Hall–Kier alpha value is -3.17. The Kier molecular flexibility index (Phi) is 5.32. The van der Waals surface area contributed by atoms with Crippen molar-refractivity contribution in [3.63, 3.8) is 0 Å². The first kappa shape index (κ1) is 19.2. The second kappa shape index (κ2) is 8.06. The van der Waals surface area contributed by atoms with Crippen molar-refractivity contribution in [1.29, 1.82) is 0 Å². The molecule has 0 atom stereocenters. The van der Waals surface area contributed by atoms with E-state index < -0.39 is 0 Å². The number of pyridine rings is 1. The van der Waals surface area contributed by atoms with Crippen molar-refractivity contribution in [3.05, 3.63) is 75.5 Å². The van der Waals surface area contributed by atoms with Crippen LogP contribution in [0.5, 0.6) is 0 Å². The van der Waals surface area contributed by atoms with Gasteiger partial charge in [0.25, 0.3) is 0 Å². The topological polar surface area (TPSA) is 68.5 Å². The van der Waals surface area contributed by atoms with Crippen LogP contribution in [0.2, 0.25) is 0 Å². The first-order valence-corrected chi connectivity index (χ1v) is 9.82. The van der Waals surface area contributed by atoms with E-state index in [1.165, 1.54) is 0 Å². The van der Waals surface area contributed by atoms with E-state index in [9.17, 15) is 10.1 Å². The average Bonchev–Trinajstić information content (AvgIpc) is 2.73. The molecule has 148 valence electrons. The number of aromatic nitrogens is 1. The van der Waals surface area contributed by atoms with Gasteiger partial charge < -0.3 is 9.64 Å². The minimum absolute atomic E-state index is 0.0606. The molecule has 3 heterocycles. The Morgan fingerprint density at radius 1 is 1.14 bits per heavy atom. The summed E-state index contributed by atoms with van der Waals surface area (Å²) in [6.07, 6.45) is 4.43. The molecular formula is C23H23N3O3. The van der Waals surface area contributed by atoms with Crippen LogP contribution in [0.25, 0.3) is 0 Å².